The average molecular weight is 452 g/mol. The number of halogens is 1. The van der Waals surface area contributed by atoms with Crippen molar-refractivity contribution in [2.75, 3.05) is 13.8 Å². The third-order valence-electron chi connectivity index (χ3n) is 5.80. The largest absolute Gasteiger partial charge is 0.454 e. The van der Waals surface area contributed by atoms with Crippen LogP contribution < -0.4 is 9.47 Å². The number of piperazine rings is 1. The smallest absolute Gasteiger partial charge is 0.259 e. The molecule has 9 heteroatoms. The highest BCUT2D eigenvalue weighted by Gasteiger charge is 2.63. The molecule has 0 radical (unpaired) electrons. The molecule has 0 aromatic heterocycles. The molecule has 142 valence electrons. The molecule has 2 unspecified atom stereocenters. The topological polar surface area (TPSA) is 82.9 Å². The lowest BCUT2D eigenvalue weighted by Crippen LogP contribution is -2.65. The van der Waals surface area contributed by atoms with E-state index in [-0.39, 0.29) is 25.0 Å². The number of ether oxygens (including phenoxy) is 2. The molecule has 0 saturated carbocycles. The third-order valence-corrected chi connectivity index (χ3v) is 6.98. The summed E-state index contributed by atoms with van der Waals surface area (Å²) in [6.45, 7) is 3.43. The SMILES string of the molecule is CN1C(=O)C2C[C@](C)(C#N)[C@H](c3c(Br)ccc4c3OCO4)N2C(=O)C1(C)S. The van der Waals surface area contributed by atoms with Gasteiger partial charge in [0.15, 0.2) is 16.4 Å². The fraction of sp³-hybridized carbons (Fsp3) is 0.500. The van der Waals surface area contributed by atoms with Gasteiger partial charge in [0.1, 0.15) is 6.04 Å². The molecule has 1 aromatic rings. The van der Waals surface area contributed by atoms with Crippen LogP contribution in [0.1, 0.15) is 31.9 Å². The van der Waals surface area contributed by atoms with Crippen LogP contribution in [-0.2, 0) is 9.59 Å². The van der Waals surface area contributed by atoms with Crippen LogP contribution in [0.5, 0.6) is 11.5 Å². The molecule has 3 aliphatic rings. The molecule has 1 aromatic carbocycles. The number of nitriles is 1. The van der Waals surface area contributed by atoms with Gasteiger partial charge in [-0.3, -0.25) is 9.59 Å². The van der Waals surface area contributed by atoms with Crippen molar-refractivity contribution in [3.63, 3.8) is 0 Å². The Labute approximate surface area is 170 Å². The number of likely N-dealkylation sites (N-methyl/N-ethyl adjacent to an activating group) is 1. The van der Waals surface area contributed by atoms with E-state index in [0.717, 1.165) is 0 Å². The van der Waals surface area contributed by atoms with Crippen molar-refractivity contribution in [1.82, 2.24) is 9.80 Å². The van der Waals surface area contributed by atoms with E-state index in [1.807, 2.05) is 0 Å². The molecule has 4 rings (SSSR count). The number of amides is 2. The molecule has 2 amide bonds. The molecule has 27 heavy (non-hydrogen) atoms. The lowest BCUT2D eigenvalue weighted by atomic mass is 9.79. The van der Waals surface area contributed by atoms with E-state index in [1.54, 1.807) is 33.0 Å². The van der Waals surface area contributed by atoms with Crippen molar-refractivity contribution < 1.29 is 19.1 Å². The first-order valence-electron chi connectivity index (χ1n) is 8.45. The third kappa shape index (κ3) is 2.32. The van der Waals surface area contributed by atoms with E-state index in [1.165, 1.54) is 9.80 Å². The van der Waals surface area contributed by atoms with Crippen molar-refractivity contribution in [2.24, 2.45) is 5.41 Å². The monoisotopic (exact) mass is 451 g/mol. The second kappa shape index (κ2) is 5.79. The lowest BCUT2D eigenvalue weighted by molar-refractivity contribution is -0.161. The maximum Gasteiger partial charge on any atom is 0.259 e. The summed E-state index contributed by atoms with van der Waals surface area (Å²) >= 11 is 7.99. The van der Waals surface area contributed by atoms with E-state index in [9.17, 15) is 14.9 Å². The van der Waals surface area contributed by atoms with Gasteiger partial charge >= 0.3 is 0 Å². The van der Waals surface area contributed by atoms with Gasteiger partial charge in [0.05, 0.1) is 17.5 Å². The maximum absolute atomic E-state index is 13.3. The normalized spacial score (nSPS) is 34.7. The Hall–Kier alpha value is -1.92. The highest BCUT2D eigenvalue weighted by molar-refractivity contribution is 9.10. The van der Waals surface area contributed by atoms with Crippen LogP contribution in [0.3, 0.4) is 0 Å². The minimum absolute atomic E-state index is 0.0676. The van der Waals surface area contributed by atoms with Crippen LogP contribution in [0, 0.1) is 16.7 Å². The maximum atomic E-state index is 13.3. The summed E-state index contributed by atoms with van der Waals surface area (Å²) in [5.74, 6) is 0.511. The van der Waals surface area contributed by atoms with Crippen molar-refractivity contribution in [3.8, 4) is 17.6 Å². The summed E-state index contributed by atoms with van der Waals surface area (Å²) in [7, 11) is 1.56. The molecule has 4 atom stereocenters. The second-order valence-corrected chi connectivity index (χ2v) is 9.20. The predicted octanol–water partition coefficient (Wildman–Crippen LogP) is 2.47. The van der Waals surface area contributed by atoms with E-state index in [2.05, 4.69) is 34.6 Å². The standard InChI is InChI=1S/C18H18BrN3O4S/c1-17(7-20)6-10-15(23)21(3)18(2,27)16(24)22(10)14(17)12-9(19)4-5-11-13(12)26-8-25-11/h4-5,10,14,27H,6,8H2,1-3H3/t10?,14-,17+,18?/m0/s1. The van der Waals surface area contributed by atoms with Crippen molar-refractivity contribution >= 4 is 40.4 Å². The van der Waals surface area contributed by atoms with Crippen molar-refractivity contribution in [3.05, 3.63) is 22.2 Å². The number of nitrogens with zero attached hydrogens (tertiary/aromatic N) is 3. The van der Waals surface area contributed by atoms with E-state index in [4.69, 9.17) is 9.47 Å². The highest BCUT2D eigenvalue weighted by Crippen LogP contribution is 2.57. The second-order valence-electron chi connectivity index (χ2n) is 7.48. The van der Waals surface area contributed by atoms with Gasteiger partial charge in [-0.05, 0) is 32.4 Å². The molecule has 2 saturated heterocycles. The van der Waals surface area contributed by atoms with Gasteiger partial charge < -0.3 is 19.3 Å². The lowest BCUT2D eigenvalue weighted by Gasteiger charge is -2.46. The fourth-order valence-electron chi connectivity index (χ4n) is 4.18. The quantitative estimate of drug-likeness (QED) is 0.663. The Morgan fingerprint density at radius 3 is 2.70 bits per heavy atom. The molecule has 0 N–H and O–H groups in total. The fourth-order valence-corrected chi connectivity index (χ4v) is 4.92. The van der Waals surface area contributed by atoms with Gasteiger partial charge in [0.25, 0.3) is 5.91 Å². The van der Waals surface area contributed by atoms with Gasteiger partial charge in [-0.1, -0.05) is 15.9 Å². The van der Waals surface area contributed by atoms with Crippen LogP contribution in [0.25, 0.3) is 0 Å². The van der Waals surface area contributed by atoms with Crippen molar-refractivity contribution in [2.45, 2.75) is 37.2 Å². The Balaban J connectivity index is 1.95. The molecular weight excluding hydrogens is 434 g/mol. The minimum atomic E-state index is -1.30. The molecule has 3 aliphatic heterocycles. The zero-order valence-corrected chi connectivity index (χ0v) is 17.5. The number of carbonyl (C=O) groups is 2. The first kappa shape index (κ1) is 18.4. The molecule has 0 spiro atoms. The number of hydrogen-bond donors (Lipinski definition) is 1. The first-order chi connectivity index (χ1) is 12.6. The summed E-state index contributed by atoms with van der Waals surface area (Å²) in [6.07, 6.45) is 0.240. The molecule has 3 heterocycles. The Morgan fingerprint density at radius 1 is 1.33 bits per heavy atom. The number of hydrogen-bond acceptors (Lipinski definition) is 6. The summed E-state index contributed by atoms with van der Waals surface area (Å²) < 4.78 is 11.8. The van der Waals surface area contributed by atoms with E-state index < -0.39 is 22.4 Å². The summed E-state index contributed by atoms with van der Waals surface area (Å²) in [6, 6.07) is 4.52. The van der Waals surface area contributed by atoms with Crippen LogP contribution >= 0.6 is 28.6 Å². The van der Waals surface area contributed by atoms with Gasteiger partial charge in [0.2, 0.25) is 12.7 Å². The molecule has 0 aliphatic carbocycles. The summed E-state index contributed by atoms with van der Waals surface area (Å²) in [5, 5.41) is 9.99. The van der Waals surface area contributed by atoms with E-state index >= 15 is 0 Å². The van der Waals surface area contributed by atoms with Crippen molar-refractivity contribution in [1.29, 1.82) is 5.26 Å². The zero-order valence-electron chi connectivity index (χ0n) is 15.0. The molecule has 0 bridgehead atoms. The minimum Gasteiger partial charge on any atom is -0.454 e. The Kier molecular flexibility index (Phi) is 3.95. The van der Waals surface area contributed by atoms with Crippen LogP contribution in [-0.4, -0.2) is 46.4 Å². The average Bonchev–Trinajstić information content (AvgIpc) is 3.22. The van der Waals surface area contributed by atoms with Gasteiger partial charge in [0, 0.05) is 17.1 Å². The summed E-state index contributed by atoms with van der Waals surface area (Å²) in [5.41, 5.74) is -0.333. The van der Waals surface area contributed by atoms with Gasteiger partial charge in [-0.2, -0.15) is 5.26 Å². The molecular formula is C18H18BrN3O4S. The van der Waals surface area contributed by atoms with E-state index in [0.29, 0.717) is 21.5 Å². The Morgan fingerprint density at radius 2 is 2.04 bits per heavy atom. The number of rotatable bonds is 1. The predicted molar refractivity (Wildman–Crippen MR) is 102 cm³/mol. The number of fused-ring (bicyclic) bond motifs is 2. The molecule has 7 nitrogen and oxygen atoms in total. The highest BCUT2D eigenvalue weighted by atomic mass is 79.9. The Bertz CT molecular complexity index is 915. The number of carbonyl (C=O) groups excluding carboxylic acids is 2. The zero-order chi connectivity index (χ0) is 19.7. The van der Waals surface area contributed by atoms with Crippen LogP contribution in [0.2, 0.25) is 0 Å². The number of benzene rings is 1. The van der Waals surface area contributed by atoms with Crippen LogP contribution in [0.4, 0.5) is 0 Å². The van der Waals surface area contributed by atoms with Gasteiger partial charge in [-0.15, -0.1) is 12.6 Å². The first-order valence-corrected chi connectivity index (χ1v) is 9.69. The molecule has 2 fully saturated rings. The van der Waals surface area contributed by atoms with Crippen LogP contribution in [0.15, 0.2) is 16.6 Å². The van der Waals surface area contributed by atoms with Gasteiger partial charge in [-0.25, -0.2) is 0 Å². The summed E-state index contributed by atoms with van der Waals surface area (Å²) in [4.78, 5) is 27.9. The number of thiol groups is 1.